The second-order valence-corrected chi connectivity index (χ2v) is 5.98. The Hall–Kier alpha value is -2.21. The SMILES string of the molecule is Cc1nn(C(C)C)c2nc(Cl)nc(NCc3ccc(F)cc3)c12. The molecule has 0 aliphatic heterocycles. The molecule has 0 fully saturated rings. The van der Waals surface area contributed by atoms with Crippen LogP contribution in [0.5, 0.6) is 0 Å². The van der Waals surface area contributed by atoms with Crippen LogP contribution < -0.4 is 5.32 Å². The van der Waals surface area contributed by atoms with Crippen LogP contribution in [-0.2, 0) is 6.54 Å². The average molecular weight is 334 g/mol. The summed E-state index contributed by atoms with van der Waals surface area (Å²) >= 11 is 6.06. The van der Waals surface area contributed by atoms with Crippen LogP contribution in [-0.4, -0.2) is 19.7 Å². The van der Waals surface area contributed by atoms with Gasteiger partial charge in [0, 0.05) is 12.6 Å². The van der Waals surface area contributed by atoms with Crippen LogP contribution in [0.4, 0.5) is 10.2 Å². The monoisotopic (exact) mass is 333 g/mol. The largest absolute Gasteiger partial charge is 0.365 e. The Labute approximate surface area is 138 Å². The van der Waals surface area contributed by atoms with Crippen molar-refractivity contribution in [3.05, 3.63) is 46.6 Å². The van der Waals surface area contributed by atoms with E-state index in [4.69, 9.17) is 11.6 Å². The van der Waals surface area contributed by atoms with Gasteiger partial charge in [-0.3, -0.25) is 0 Å². The molecule has 0 spiro atoms. The first-order chi connectivity index (χ1) is 11.0. The number of fused-ring (bicyclic) bond motifs is 1. The molecule has 0 aliphatic carbocycles. The molecule has 120 valence electrons. The Morgan fingerprint density at radius 3 is 2.57 bits per heavy atom. The quantitative estimate of drug-likeness (QED) is 0.730. The highest BCUT2D eigenvalue weighted by atomic mass is 35.5. The summed E-state index contributed by atoms with van der Waals surface area (Å²) in [6.07, 6.45) is 0. The molecule has 3 aromatic rings. The number of nitrogens with one attached hydrogen (secondary N) is 1. The van der Waals surface area contributed by atoms with Gasteiger partial charge in [0.15, 0.2) is 5.65 Å². The molecule has 2 aromatic heterocycles. The Bertz CT molecular complexity index is 842. The standard InChI is InChI=1S/C16H17ClFN5/c1-9(2)23-15-13(10(3)22-23)14(20-16(17)21-15)19-8-11-4-6-12(18)7-5-11/h4-7,9H,8H2,1-3H3,(H,19,20,21). The van der Waals surface area contributed by atoms with E-state index in [0.717, 1.165) is 16.6 Å². The lowest BCUT2D eigenvalue weighted by Crippen LogP contribution is -2.06. The van der Waals surface area contributed by atoms with Gasteiger partial charge in [0.2, 0.25) is 5.28 Å². The van der Waals surface area contributed by atoms with Crippen LogP contribution in [0.2, 0.25) is 5.28 Å². The van der Waals surface area contributed by atoms with E-state index < -0.39 is 0 Å². The van der Waals surface area contributed by atoms with Gasteiger partial charge in [0.1, 0.15) is 11.6 Å². The number of rotatable bonds is 4. The Morgan fingerprint density at radius 1 is 1.22 bits per heavy atom. The number of aromatic nitrogens is 4. The van der Waals surface area contributed by atoms with Gasteiger partial charge in [0.05, 0.1) is 11.1 Å². The van der Waals surface area contributed by atoms with Crippen molar-refractivity contribution >= 4 is 28.5 Å². The first-order valence-corrected chi connectivity index (χ1v) is 7.74. The van der Waals surface area contributed by atoms with E-state index in [1.165, 1.54) is 12.1 Å². The van der Waals surface area contributed by atoms with Crippen molar-refractivity contribution in [2.45, 2.75) is 33.4 Å². The number of halogens is 2. The average Bonchev–Trinajstić information content (AvgIpc) is 2.83. The lowest BCUT2D eigenvalue weighted by molar-refractivity contribution is 0.542. The summed E-state index contributed by atoms with van der Waals surface area (Å²) in [6.45, 7) is 6.50. The maximum Gasteiger partial charge on any atom is 0.226 e. The summed E-state index contributed by atoms with van der Waals surface area (Å²) in [5.74, 6) is 0.379. The van der Waals surface area contributed by atoms with Gasteiger partial charge in [-0.1, -0.05) is 12.1 Å². The number of benzene rings is 1. The highest BCUT2D eigenvalue weighted by molar-refractivity contribution is 6.28. The molecular weight excluding hydrogens is 317 g/mol. The molecule has 7 heteroatoms. The smallest absolute Gasteiger partial charge is 0.226 e. The topological polar surface area (TPSA) is 55.6 Å². The summed E-state index contributed by atoms with van der Waals surface area (Å²) in [5.41, 5.74) is 2.49. The van der Waals surface area contributed by atoms with E-state index >= 15 is 0 Å². The van der Waals surface area contributed by atoms with Crippen molar-refractivity contribution < 1.29 is 4.39 Å². The van der Waals surface area contributed by atoms with E-state index in [-0.39, 0.29) is 17.1 Å². The molecule has 5 nitrogen and oxygen atoms in total. The zero-order valence-corrected chi connectivity index (χ0v) is 13.9. The minimum absolute atomic E-state index is 0.168. The molecule has 1 N–H and O–H groups in total. The highest BCUT2D eigenvalue weighted by Crippen LogP contribution is 2.27. The maximum absolute atomic E-state index is 13.0. The molecule has 0 bridgehead atoms. The summed E-state index contributed by atoms with van der Waals surface area (Å²) in [6, 6.07) is 6.49. The molecule has 0 saturated carbocycles. The van der Waals surface area contributed by atoms with Crippen LogP contribution in [0.25, 0.3) is 11.0 Å². The predicted molar refractivity (Wildman–Crippen MR) is 89.2 cm³/mol. The third-order valence-corrected chi connectivity index (χ3v) is 3.73. The first kappa shape index (κ1) is 15.7. The highest BCUT2D eigenvalue weighted by Gasteiger charge is 2.17. The number of nitrogens with zero attached hydrogens (tertiary/aromatic N) is 4. The van der Waals surface area contributed by atoms with E-state index in [1.54, 1.807) is 12.1 Å². The fourth-order valence-electron chi connectivity index (χ4n) is 2.46. The molecule has 1 aromatic carbocycles. The number of hydrogen-bond acceptors (Lipinski definition) is 4. The molecule has 0 radical (unpaired) electrons. The van der Waals surface area contributed by atoms with Crippen LogP contribution in [0.15, 0.2) is 24.3 Å². The second-order valence-electron chi connectivity index (χ2n) is 5.64. The Morgan fingerprint density at radius 2 is 1.91 bits per heavy atom. The summed E-state index contributed by atoms with van der Waals surface area (Å²) in [4.78, 5) is 8.59. The molecule has 0 atom stereocenters. The molecule has 3 rings (SSSR count). The maximum atomic E-state index is 13.0. The zero-order chi connectivity index (χ0) is 16.6. The molecule has 0 saturated heterocycles. The normalized spacial score (nSPS) is 11.4. The lowest BCUT2D eigenvalue weighted by Gasteiger charge is -2.09. The second kappa shape index (κ2) is 6.12. The third kappa shape index (κ3) is 3.12. The van der Waals surface area contributed by atoms with Crippen molar-refractivity contribution in [3.8, 4) is 0 Å². The van der Waals surface area contributed by atoms with Crippen LogP contribution in [0, 0.1) is 12.7 Å². The van der Waals surface area contributed by atoms with Gasteiger partial charge in [-0.05, 0) is 50.1 Å². The molecule has 23 heavy (non-hydrogen) atoms. The van der Waals surface area contributed by atoms with Crippen LogP contribution in [0.1, 0.15) is 31.1 Å². The number of aryl methyl sites for hydroxylation is 1. The molecule has 0 unspecified atom stereocenters. The lowest BCUT2D eigenvalue weighted by atomic mass is 10.2. The molecular formula is C16H17ClFN5. The number of anilines is 1. The van der Waals surface area contributed by atoms with Crippen molar-refractivity contribution in [2.24, 2.45) is 0 Å². The zero-order valence-electron chi connectivity index (χ0n) is 13.1. The summed E-state index contributed by atoms with van der Waals surface area (Å²) in [5, 5.41) is 8.79. The van der Waals surface area contributed by atoms with E-state index in [1.807, 2.05) is 25.5 Å². The van der Waals surface area contributed by atoms with Gasteiger partial charge in [-0.25, -0.2) is 9.07 Å². The molecule has 0 aliphatic rings. The van der Waals surface area contributed by atoms with Crippen LogP contribution >= 0.6 is 11.6 Å². The predicted octanol–water partition coefficient (Wildman–Crippen LogP) is 4.12. The molecule has 0 amide bonds. The molecule has 2 heterocycles. The van der Waals surface area contributed by atoms with Crippen molar-refractivity contribution in [2.75, 3.05) is 5.32 Å². The van der Waals surface area contributed by atoms with Crippen LogP contribution in [0.3, 0.4) is 0 Å². The fourth-order valence-corrected chi connectivity index (χ4v) is 2.62. The van der Waals surface area contributed by atoms with Gasteiger partial charge in [0.25, 0.3) is 0 Å². The van der Waals surface area contributed by atoms with Crippen molar-refractivity contribution in [1.82, 2.24) is 19.7 Å². The third-order valence-electron chi connectivity index (χ3n) is 3.56. The minimum Gasteiger partial charge on any atom is -0.365 e. The summed E-state index contributed by atoms with van der Waals surface area (Å²) < 4.78 is 14.8. The Kier molecular flexibility index (Phi) is 4.17. The summed E-state index contributed by atoms with van der Waals surface area (Å²) in [7, 11) is 0. The first-order valence-electron chi connectivity index (χ1n) is 7.36. The van der Waals surface area contributed by atoms with E-state index in [9.17, 15) is 4.39 Å². The Balaban J connectivity index is 1.98. The number of hydrogen-bond donors (Lipinski definition) is 1. The van der Waals surface area contributed by atoms with Gasteiger partial charge < -0.3 is 5.32 Å². The van der Waals surface area contributed by atoms with Gasteiger partial charge in [-0.15, -0.1) is 0 Å². The minimum atomic E-state index is -0.254. The van der Waals surface area contributed by atoms with Gasteiger partial charge in [-0.2, -0.15) is 15.1 Å². The van der Waals surface area contributed by atoms with Crippen molar-refractivity contribution in [1.29, 1.82) is 0 Å². The van der Waals surface area contributed by atoms with E-state index in [2.05, 4.69) is 20.4 Å². The van der Waals surface area contributed by atoms with Gasteiger partial charge >= 0.3 is 0 Å². The van der Waals surface area contributed by atoms with E-state index in [0.29, 0.717) is 18.0 Å². The van der Waals surface area contributed by atoms with Crippen molar-refractivity contribution in [3.63, 3.8) is 0 Å². The fraction of sp³-hybridized carbons (Fsp3) is 0.312.